The predicted octanol–water partition coefficient (Wildman–Crippen LogP) is 4.11. The Bertz CT molecular complexity index is 895. The van der Waals surface area contributed by atoms with Crippen LogP contribution in [0.5, 0.6) is 5.75 Å². The molecule has 0 radical (unpaired) electrons. The van der Waals surface area contributed by atoms with Gasteiger partial charge in [-0.15, -0.1) is 0 Å². The van der Waals surface area contributed by atoms with Crippen LogP contribution in [0.4, 0.5) is 0 Å². The number of rotatable bonds is 4. The largest absolute Gasteiger partial charge is 0.507 e. The van der Waals surface area contributed by atoms with Gasteiger partial charge in [0.2, 0.25) is 5.82 Å². The molecule has 122 valence electrons. The highest BCUT2D eigenvalue weighted by Crippen LogP contribution is 2.25. The summed E-state index contributed by atoms with van der Waals surface area (Å²) in [6, 6.07) is 11.1. The quantitative estimate of drug-likeness (QED) is 0.701. The van der Waals surface area contributed by atoms with Gasteiger partial charge in [-0.3, -0.25) is 0 Å². The van der Waals surface area contributed by atoms with Crippen molar-refractivity contribution in [2.45, 2.75) is 6.61 Å². The number of hydrogen-bond donors (Lipinski definition) is 1. The maximum Gasteiger partial charge on any atom is 0.342 e. The van der Waals surface area contributed by atoms with Gasteiger partial charge in [0, 0.05) is 10.6 Å². The van der Waals surface area contributed by atoms with Gasteiger partial charge in [0.15, 0.2) is 6.61 Å². The van der Waals surface area contributed by atoms with Crippen molar-refractivity contribution < 1.29 is 19.2 Å². The van der Waals surface area contributed by atoms with E-state index in [0.717, 1.165) is 0 Å². The number of phenols is 1. The molecule has 6 nitrogen and oxygen atoms in total. The Morgan fingerprint density at radius 2 is 2.00 bits per heavy atom. The number of carbonyl (C=O) groups is 1. The molecule has 0 aliphatic carbocycles. The van der Waals surface area contributed by atoms with Crippen molar-refractivity contribution in [2.24, 2.45) is 0 Å². The van der Waals surface area contributed by atoms with E-state index in [-0.39, 0.29) is 23.8 Å². The molecule has 0 saturated carbocycles. The second-order valence-corrected chi connectivity index (χ2v) is 5.57. The third-order valence-corrected chi connectivity index (χ3v) is 3.65. The number of benzene rings is 2. The number of nitrogens with zero attached hydrogens (tertiary/aromatic N) is 2. The summed E-state index contributed by atoms with van der Waals surface area (Å²) in [5.41, 5.74) is 0.598. The molecule has 1 N–H and O–H groups in total. The molecule has 8 heteroatoms. The Morgan fingerprint density at radius 3 is 2.75 bits per heavy atom. The molecule has 0 aliphatic rings. The summed E-state index contributed by atoms with van der Waals surface area (Å²) in [6.45, 7) is -0.238. The minimum absolute atomic E-state index is 0.00903. The summed E-state index contributed by atoms with van der Waals surface area (Å²) in [5, 5.41) is 14.3. The summed E-state index contributed by atoms with van der Waals surface area (Å²) in [7, 11) is 0. The molecule has 3 rings (SSSR count). The molecule has 0 amide bonds. The van der Waals surface area contributed by atoms with Gasteiger partial charge >= 0.3 is 5.97 Å². The molecule has 1 heterocycles. The van der Waals surface area contributed by atoms with Crippen LogP contribution in [-0.4, -0.2) is 21.2 Å². The van der Waals surface area contributed by atoms with E-state index in [0.29, 0.717) is 21.4 Å². The highest BCUT2D eigenvalue weighted by Gasteiger charge is 2.16. The number of ether oxygens (including phenoxy) is 1. The summed E-state index contributed by atoms with van der Waals surface area (Å²) in [4.78, 5) is 16.1. The second-order valence-electron chi connectivity index (χ2n) is 4.73. The molecule has 0 unspecified atom stereocenters. The van der Waals surface area contributed by atoms with Gasteiger partial charge in [-0.1, -0.05) is 40.5 Å². The van der Waals surface area contributed by atoms with Crippen LogP contribution in [0, 0.1) is 0 Å². The Balaban J connectivity index is 1.69. The maximum atomic E-state index is 11.9. The molecule has 0 spiro atoms. The predicted molar refractivity (Wildman–Crippen MR) is 87.0 cm³/mol. The van der Waals surface area contributed by atoms with Crippen LogP contribution < -0.4 is 0 Å². The van der Waals surface area contributed by atoms with Crippen molar-refractivity contribution in [3.63, 3.8) is 0 Å². The van der Waals surface area contributed by atoms with Gasteiger partial charge in [-0.2, -0.15) is 4.98 Å². The van der Waals surface area contributed by atoms with Crippen LogP contribution in [0.2, 0.25) is 10.0 Å². The van der Waals surface area contributed by atoms with Crippen LogP contribution in [0.25, 0.3) is 11.4 Å². The summed E-state index contributed by atoms with van der Waals surface area (Å²) < 4.78 is 10.1. The molecule has 0 saturated heterocycles. The normalized spacial score (nSPS) is 10.6. The van der Waals surface area contributed by atoms with E-state index in [1.807, 2.05) is 0 Å². The van der Waals surface area contributed by atoms with Crippen LogP contribution in [0.15, 0.2) is 47.0 Å². The van der Waals surface area contributed by atoms with Crippen molar-refractivity contribution in [3.8, 4) is 17.1 Å². The zero-order valence-corrected chi connectivity index (χ0v) is 13.6. The maximum absolute atomic E-state index is 11.9. The highest BCUT2D eigenvalue weighted by atomic mass is 35.5. The first-order chi connectivity index (χ1) is 11.5. The van der Waals surface area contributed by atoms with E-state index >= 15 is 0 Å². The van der Waals surface area contributed by atoms with Crippen molar-refractivity contribution >= 4 is 29.2 Å². The van der Waals surface area contributed by atoms with E-state index in [1.165, 1.54) is 18.2 Å². The van der Waals surface area contributed by atoms with Crippen molar-refractivity contribution in [3.05, 3.63) is 64.0 Å². The van der Waals surface area contributed by atoms with E-state index in [2.05, 4.69) is 10.1 Å². The van der Waals surface area contributed by atoms with Crippen LogP contribution >= 0.6 is 23.2 Å². The third-order valence-electron chi connectivity index (χ3n) is 3.09. The molecular formula is C16H10Cl2N2O4. The molecule has 0 aliphatic heterocycles. The Kier molecular flexibility index (Phi) is 4.69. The van der Waals surface area contributed by atoms with Crippen molar-refractivity contribution in [1.82, 2.24) is 10.1 Å². The fourth-order valence-corrected chi connectivity index (χ4v) is 2.33. The SMILES string of the molecule is O=C(OCc1nc(-c2ccccc2Cl)no1)c1ccc(Cl)cc1O. The van der Waals surface area contributed by atoms with Crippen LogP contribution in [0.3, 0.4) is 0 Å². The number of esters is 1. The Labute approximate surface area is 146 Å². The van der Waals surface area contributed by atoms with Gasteiger partial charge in [-0.05, 0) is 30.3 Å². The van der Waals surface area contributed by atoms with Crippen molar-refractivity contribution in [1.29, 1.82) is 0 Å². The standard InChI is InChI=1S/C16H10Cl2N2O4/c17-9-5-6-11(13(21)7-9)16(22)23-8-14-19-15(20-24-14)10-3-1-2-4-12(10)18/h1-7,21H,8H2. The summed E-state index contributed by atoms with van der Waals surface area (Å²) >= 11 is 11.8. The first kappa shape index (κ1) is 16.3. The second kappa shape index (κ2) is 6.90. The lowest BCUT2D eigenvalue weighted by atomic mass is 10.2. The Hall–Kier alpha value is -2.57. The van der Waals surface area contributed by atoms with Crippen molar-refractivity contribution in [2.75, 3.05) is 0 Å². The van der Waals surface area contributed by atoms with Gasteiger partial charge < -0.3 is 14.4 Å². The lowest BCUT2D eigenvalue weighted by molar-refractivity contribution is 0.0426. The number of aromatic hydroxyl groups is 1. The first-order valence-corrected chi connectivity index (χ1v) is 7.53. The van der Waals surface area contributed by atoms with E-state index in [9.17, 15) is 9.90 Å². The number of phenolic OH excluding ortho intramolecular Hbond substituents is 1. The number of hydrogen-bond acceptors (Lipinski definition) is 6. The topological polar surface area (TPSA) is 85.5 Å². The molecule has 2 aromatic carbocycles. The molecule has 1 aromatic heterocycles. The zero-order chi connectivity index (χ0) is 17.1. The van der Waals surface area contributed by atoms with E-state index in [1.54, 1.807) is 24.3 Å². The molecule has 24 heavy (non-hydrogen) atoms. The molecule has 0 atom stereocenters. The number of aromatic nitrogens is 2. The summed E-state index contributed by atoms with van der Waals surface area (Å²) in [6.07, 6.45) is 0. The number of carbonyl (C=O) groups excluding carboxylic acids is 1. The number of halogens is 2. The lowest BCUT2D eigenvalue weighted by Gasteiger charge is -2.04. The summed E-state index contributed by atoms with van der Waals surface area (Å²) in [5.74, 6) is -0.607. The van der Waals surface area contributed by atoms with Gasteiger partial charge in [0.1, 0.15) is 11.3 Å². The average molecular weight is 365 g/mol. The average Bonchev–Trinajstić information content (AvgIpc) is 3.02. The molecular weight excluding hydrogens is 355 g/mol. The Morgan fingerprint density at radius 1 is 1.21 bits per heavy atom. The van der Waals surface area contributed by atoms with Gasteiger partial charge in [0.25, 0.3) is 5.89 Å². The highest BCUT2D eigenvalue weighted by molar-refractivity contribution is 6.33. The third kappa shape index (κ3) is 3.50. The minimum atomic E-state index is -0.735. The fraction of sp³-hybridized carbons (Fsp3) is 0.0625. The van der Waals surface area contributed by atoms with Gasteiger partial charge in [-0.25, -0.2) is 4.79 Å². The fourth-order valence-electron chi connectivity index (χ4n) is 1.95. The van der Waals surface area contributed by atoms with Crippen LogP contribution in [0.1, 0.15) is 16.2 Å². The monoisotopic (exact) mass is 364 g/mol. The first-order valence-electron chi connectivity index (χ1n) is 6.77. The minimum Gasteiger partial charge on any atom is -0.507 e. The van der Waals surface area contributed by atoms with E-state index in [4.69, 9.17) is 32.5 Å². The van der Waals surface area contributed by atoms with E-state index < -0.39 is 5.97 Å². The molecule has 0 fully saturated rings. The molecule has 3 aromatic rings. The zero-order valence-electron chi connectivity index (χ0n) is 12.1. The smallest absolute Gasteiger partial charge is 0.342 e. The van der Waals surface area contributed by atoms with Crippen LogP contribution in [-0.2, 0) is 11.3 Å². The van der Waals surface area contributed by atoms with Gasteiger partial charge in [0.05, 0.1) is 5.02 Å². The lowest BCUT2D eigenvalue weighted by Crippen LogP contribution is -2.05. The molecule has 0 bridgehead atoms.